The van der Waals surface area contributed by atoms with Gasteiger partial charge in [-0.1, -0.05) is 0 Å². The zero-order valence-corrected chi connectivity index (χ0v) is 12.3. The van der Waals surface area contributed by atoms with Crippen molar-refractivity contribution in [3.05, 3.63) is 52.5 Å². The predicted molar refractivity (Wildman–Crippen MR) is 82.4 cm³/mol. The van der Waals surface area contributed by atoms with Crippen molar-refractivity contribution in [2.24, 2.45) is 0 Å². The van der Waals surface area contributed by atoms with Crippen molar-refractivity contribution in [1.29, 1.82) is 0 Å². The third-order valence-electron chi connectivity index (χ3n) is 2.64. The number of anilines is 1. The Morgan fingerprint density at radius 1 is 1.30 bits per heavy atom. The maximum atomic E-state index is 12.0. The van der Waals surface area contributed by atoms with Gasteiger partial charge in [-0.2, -0.15) is 0 Å². The molecule has 0 saturated carbocycles. The Morgan fingerprint density at radius 2 is 2.20 bits per heavy atom. The molecular weight excluding hydrogens is 290 g/mol. The molecule has 0 spiro atoms. The number of hydrogen-bond acceptors (Lipinski definition) is 5. The van der Waals surface area contributed by atoms with Gasteiger partial charge in [-0.25, -0.2) is 4.98 Å². The second kappa shape index (κ2) is 5.52. The molecule has 0 bridgehead atoms. The number of rotatable bonds is 3. The summed E-state index contributed by atoms with van der Waals surface area (Å²) >= 11 is 3.11. The lowest BCUT2D eigenvalue weighted by atomic mass is 10.3. The molecule has 3 rings (SSSR count). The maximum absolute atomic E-state index is 12.0. The van der Waals surface area contributed by atoms with Crippen LogP contribution in [-0.2, 0) is 0 Å². The van der Waals surface area contributed by atoms with Crippen molar-refractivity contribution in [3.63, 3.8) is 0 Å². The van der Waals surface area contributed by atoms with Gasteiger partial charge in [0.1, 0.15) is 0 Å². The van der Waals surface area contributed by atoms with Crippen molar-refractivity contribution in [1.82, 2.24) is 9.97 Å². The van der Waals surface area contributed by atoms with E-state index in [9.17, 15) is 4.79 Å². The molecular formula is C14H11N3OS2. The molecule has 0 saturated heterocycles. The number of aromatic nitrogens is 2. The normalized spacial score (nSPS) is 10.4. The first-order chi connectivity index (χ1) is 9.72. The van der Waals surface area contributed by atoms with E-state index in [0.717, 1.165) is 10.6 Å². The second-order valence-corrected chi connectivity index (χ2v) is 6.29. The minimum absolute atomic E-state index is 0.193. The lowest BCUT2D eigenvalue weighted by Crippen LogP contribution is -2.11. The van der Waals surface area contributed by atoms with Gasteiger partial charge in [0.05, 0.1) is 16.1 Å². The van der Waals surface area contributed by atoms with Gasteiger partial charge in [0.2, 0.25) is 0 Å². The minimum Gasteiger partial charge on any atom is -0.298 e. The fourth-order valence-corrected chi connectivity index (χ4v) is 3.29. The lowest BCUT2D eigenvalue weighted by molar-refractivity contribution is 0.102. The highest BCUT2D eigenvalue weighted by Gasteiger charge is 2.10. The van der Waals surface area contributed by atoms with Crippen LogP contribution < -0.4 is 5.32 Å². The molecule has 3 aromatic rings. The van der Waals surface area contributed by atoms with Crippen LogP contribution in [0.1, 0.15) is 15.2 Å². The molecule has 1 amide bonds. The molecule has 3 heterocycles. The fraction of sp³-hybridized carbons (Fsp3) is 0.0714. The fourth-order valence-electron chi connectivity index (χ4n) is 1.68. The number of amides is 1. The number of nitrogens with zero attached hydrogens (tertiary/aromatic N) is 2. The summed E-state index contributed by atoms with van der Waals surface area (Å²) in [5.41, 5.74) is 1.42. The summed E-state index contributed by atoms with van der Waals surface area (Å²) in [6, 6.07) is 7.56. The van der Waals surface area contributed by atoms with E-state index in [4.69, 9.17) is 0 Å². The number of thiophene rings is 1. The molecule has 100 valence electrons. The van der Waals surface area contributed by atoms with Gasteiger partial charge in [-0.05, 0) is 31.2 Å². The standard InChI is InChI=1S/C14H11N3OS2/c1-9-4-5-12(20-9)11-8-19-14(16-11)17-13(18)10-3-2-6-15-7-10/h2-8H,1H3,(H,16,17,18). The van der Waals surface area contributed by atoms with Crippen LogP contribution in [0.2, 0.25) is 0 Å². The number of nitrogens with one attached hydrogen (secondary N) is 1. The molecule has 3 aromatic heterocycles. The number of aryl methyl sites for hydroxylation is 1. The largest absolute Gasteiger partial charge is 0.298 e. The third kappa shape index (κ3) is 2.76. The van der Waals surface area contributed by atoms with Crippen LogP contribution in [0.4, 0.5) is 5.13 Å². The number of carbonyl (C=O) groups excluding carboxylic acids is 1. The van der Waals surface area contributed by atoms with Crippen LogP contribution in [-0.4, -0.2) is 15.9 Å². The number of hydrogen-bond donors (Lipinski definition) is 1. The molecule has 0 fully saturated rings. The molecule has 4 nitrogen and oxygen atoms in total. The monoisotopic (exact) mass is 301 g/mol. The quantitative estimate of drug-likeness (QED) is 0.800. The van der Waals surface area contributed by atoms with E-state index in [1.807, 2.05) is 11.4 Å². The van der Waals surface area contributed by atoms with Gasteiger partial charge < -0.3 is 0 Å². The van der Waals surface area contributed by atoms with Crippen LogP contribution >= 0.6 is 22.7 Å². The average molecular weight is 301 g/mol. The summed E-state index contributed by atoms with van der Waals surface area (Å²) in [5, 5.41) is 5.33. The summed E-state index contributed by atoms with van der Waals surface area (Å²) in [6.07, 6.45) is 3.17. The molecule has 0 radical (unpaired) electrons. The van der Waals surface area contributed by atoms with Crippen molar-refractivity contribution < 1.29 is 4.79 Å². The van der Waals surface area contributed by atoms with E-state index in [2.05, 4.69) is 28.3 Å². The van der Waals surface area contributed by atoms with Crippen LogP contribution in [0.15, 0.2) is 42.0 Å². The van der Waals surface area contributed by atoms with Crippen molar-refractivity contribution in [2.45, 2.75) is 6.92 Å². The first-order valence-corrected chi connectivity index (χ1v) is 7.66. The van der Waals surface area contributed by atoms with Crippen LogP contribution in [0.3, 0.4) is 0 Å². The Bertz CT molecular complexity index is 734. The van der Waals surface area contributed by atoms with Crippen LogP contribution in [0.5, 0.6) is 0 Å². The lowest BCUT2D eigenvalue weighted by Gasteiger charge is -2.00. The first-order valence-electron chi connectivity index (χ1n) is 5.96. The Hall–Kier alpha value is -2.05. The number of carbonyl (C=O) groups is 1. The minimum atomic E-state index is -0.193. The van der Waals surface area contributed by atoms with Crippen molar-refractivity contribution in [3.8, 4) is 10.6 Å². The summed E-state index contributed by atoms with van der Waals surface area (Å²) in [4.78, 5) is 22.7. The topological polar surface area (TPSA) is 54.9 Å². The molecule has 20 heavy (non-hydrogen) atoms. The van der Waals surface area contributed by atoms with Gasteiger partial charge in [0.15, 0.2) is 5.13 Å². The third-order valence-corrected chi connectivity index (χ3v) is 4.42. The smallest absolute Gasteiger partial charge is 0.259 e. The van der Waals surface area contributed by atoms with Gasteiger partial charge >= 0.3 is 0 Å². The Kier molecular flexibility index (Phi) is 3.58. The predicted octanol–water partition coefficient (Wildman–Crippen LogP) is 3.83. The zero-order chi connectivity index (χ0) is 13.9. The van der Waals surface area contributed by atoms with Gasteiger partial charge in [0, 0.05) is 22.7 Å². The second-order valence-electron chi connectivity index (χ2n) is 4.14. The zero-order valence-electron chi connectivity index (χ0n) is 10.7. The Balaban J connectivity index is 1.76. The van der Waals surface area contributed by atoms with E-state index in [1.54, 1.807) is 29.7 Å². The van der Waals surface area contributed by atoms with Crippen LogP contribution in [0, 0.1) is 6.92 Å². The molecule has 6 heteroatoms. The SMILES string of the molecule is Cc1ccc(-c2csc(NC(=O)c3cccnc3)n2)s1. The highest BCUT2D eigenvalue weighted by atomic mass is 32.1. The maximum Gasteiger partial charge on any atom is 0.259 e. The Morgan fingerprint density at radius 3 is 2.90 bits per heavy atom. The van der Waals surface area contributed by atoms with E-state index in [-0.39, 0.29) is 5.91 Å². The van der Waals surface area contributed by atoms with Gasteiger partial charge in [0.25, 0.3) is 5.91 Å². The van der Waals surface area contributed by atoms with Crippen molar-refractivity contribution >= 4 is 33.7 Å². The summed E-state index contributed by atoms with van der Waals surface area (Å²) < 4.78 is 0. The number of pyridine rings is 1. The molecule has 0 unspecified atom stereocenters. The molecule has 0 aliphatic carbocycles. The summed E-state index contributed by atoms with van der Waals surface area (Å²) in [7, 11) is 0. The van der Waals surface area contributed by atoms with Gasteiger partial charge in [-0.3, -0.25) is 15.1 Å². The molecule has 0 atom stereocenters. The molecule has 0 aliphatic rings. The molecule has 0 aliphatic heterocycles. The molecule has 0 aromatic carbocycles. The highest BCUT2D eigenvalue weighted by molar-refractivity contribution is 7.17. The van der Waals surface area contributed by atoms with E-state index in [0.29, 0.717) is 10.7 Å². The van der Waals surface area contributed by atoms with Gasteiger partial charge in [-0.15, -0.1) is 22.7 Å². The van der Waals surface area contributed by atoms with E-state index in [1.165, 1.54) is 22.4 Å². The Labute approximate surface area is 124 Å². The van der Waals surface area contributed by atoms with Crippen molar-refractivity contribution in [2.75, 3.05) is 5.32 Å². The van der Waals surface area contributed by atoms with E-state index < -0.39 is 0 Å². The first kappa shape index (κ1) is 13.0. The highest BCUT2D eigenvalue weighted by Crippen LogP contribution is 2.30. The molecule has 1 N–H and O–H groups in total. The number of thiazole rings is 1. The summed E-state index contributed by atoms with van der Waals surface area (Å²) in [6.45, 7) is 2.06. The average Bonchev–Trinajstić information content (AvgIpc) is 3.09. The van der Waals surface area contributed by atoms with Crippen LogP contribution in [0.25, 0.3) is 10.6 Å². The summed E-state index contributed by atoms with van der Waals surface area (Å²) in [5.74, 6) is -0.193. The van der Waals surface area contributed by atoms with E-state index >= 15 is 0 Å².